The number of carbonyl (C=O) groups is 2. The van der Waals surface area contributed by atoms with Crippen LogP contribution in [-0.2, 0) is 0 Å². The molecule has 2 aromatic heterocycles. The molecule has 3 rings (SSSR count). The van der Waals surface area contributed by atoms with Crippen LogP contribution in [0.3, 0.4) is 0 Å². The van der Waals surface area contributed by atoms with Gasteiger partial charge in [0.1, 0.15) is 17.1 Å². The Kier molecular flexibility index (Phi) is 5.23. The van der Waals surface area contributed by atoms with E-state index in [0.29, 0.717) is 23.6 Å². The van der Waals surface area contributed by atoms with E-state index in [0.717, 1.165) is 19.3 Å². The zero-order valence-corrected chi connectivity index (χ0v) is 14.0. The molecule has 1 aliphatic rings. The fourth-order valence-electron chi connectivity index (χ4n) is 2.46. The number of rotatable bonds is 6. The summed E-state index contributed by atoms with van der Waals surface area (Å²) in [6.45, 7) is 2.34. The van der Waals surface area contributed by atoms with Crippen LogP contribution in [0.25, 0.3) is 0 Å². The smallest absolute Gasteiger partial charge is 0.270 e. The average molecular weight is 340 g/mol. The topological polar surface area (TPSA) is 93.2 Å². The molecule has 2 aromatic rings. The van der Waals surface area contributed by atoms with Crippen LogP contribution in [0, 0.1) is 0 Å². The minimum Gasteiger partial charge on any atom is -0.492 e. The van der Waals surface area contributed by atoms with Gasteiger partial charge in [-0.2, -0.15) is 0 Å². The van der Waals surface area contributed by atoms with E-state index in [1.807, 2.05) is 6.92 Å². The number of ether oxygens (including phenoxy) is 1. The van der Waals surface area contributed by atoms with Crippen molar-refractivity contribution in [1.29, 1.82) is 0 Å². The molecular formula is C18H20N4O3. The molecular weight excluding hydrogens is 320 g/mol. The summed E-state index contributed by atoms with van der Waals surface area (Å²) in [5.41, 5.74) is 1.06. The van der Waals surface area contributed by atoms with Gasteiger partial charge in [-0.3, -0.25) is 19.6 Å². The van der Waals surface area contributed by atoms with Crippen molar-refractivity contribution >= 4 is 17.5 Å². The number of pyridine rings is 2. The highest BCUT2D eigenvalue weighted by molar-refractivity contribution is 6.06. The van der Waals surface area contributed by atoms with Gasteiger partial charge < -0.3 is 15.4 Å². The van der Waals surface area contributed by atoms with Crippen molar-refractivity contribution in [2.75, 3.05) is 11.9 Å². The van der Waals surface area contributed by atoms with Crippen LogP contribution in [-0.4, -0.2) is 34.4 Å². The highest BCUT2D eigenvalue weighted by Crippen LogP contribution is 2.23. The summed E-state index contributed by atoms with van der Waals surface area (Å²) in [6.07, 6.45) is 7.69. The molecule has 7 nitrogen and oxygen atoms in total. The van der Waals surface area contributed by atoms with Gasteiger partial charge in [-0.1, -0.05) is 0 Å². The highest BCUT2D eigenvalue weighted by Gasteiger charge is 2.21. The number of amides is 2. The van der Waals surface area contributed by atoms with Gasteiger partial charge in [0.25, 0.3) is 11.8 Å². The van der Waals surface area contributed by atoms with Crippen LogP contribution in [0.2, 0.25) is 0 Å². The number of carbonyl (C=O) groups excluding carboxylic acids is 2. The largest absolute Gasteiger partial charge is 0.492 e. The molecule has 0 aliphatic heterocycles. The molecule has 0 saturated heterocycles. The third kappa shape index (κ3) is 4.12. The molecule has 130 valence electrons. The van der Waals surface area contributed by atoms with Gasteiger partial charge in [0.05, 0.1) is 12.8 Å². The molecule has 0 aromatic carbocycles. The summed E-state index contributed by atoms with van der Waals surface area (Å²) >= 11 is 0. The maximum atomic E-state index is 12.5. The number of hydrogen-bond acceptors (Lipinski definition) is 5. The fourth-order valence-corrected chi connectivity index (χ4v) is 2.46. The Morgan fingerprint density at radius 1 is 1.24 bits per heavy atom. The number of nitrogens with zero attached hydrogens (tertiary/aromatic N) is 2. The van der Waals surface area contributed by atoms with Gasteiger partial charge in [-0.15, -0.1) is 0 Å². The molecule has 2 heterocycles. The molecule has 7 heteroatoms. The zero-order chi connectivity index (χ0) is 17.6. The Balaban J connectivity index is 1.72. The number of nitrogens with one attached hydrogen (secondary N) is 2. The Hall–Kier alpha value is -2.96. The van der Waals surface area contributed by atoms with Crippen LogP contribution < -0.4 is 15.4 Å². The summed E-state index contributed by atoms with van der Waals surface area (Å²) in [6, 6.07) is 4.95. The summed E-state index contributed by atoms with van der Waals surface area (Å²) in [7, 11) is 0. The van der Waals surface area contributed by atoms with E-state index in [-0.39, 0.29) is 23.6 Å². The van der Waals surface area contributed by atoms with Crippen LogP contribution >= 0.6 is 0 Å². The molecule has 2 amide bonds. The van der Waals surface area contributed by atoms with E-state index < -0.39 is 0 Å². The van der Waals surface area contributed by atoms with E-state index >= 15 is 0 Å². The maximum Gasteiger partial charge on any atom is 0.270 e. The quantitative estimate of drug-likeness (QED) is 0.842. The highest BCUT2D eigenvalue weighted by atomic mass is 16.5. The van der Waals surface area contributed by atoms with Gasteiger partial charge in [0.15, 0.2) is 0 Å². The van der Waals surface area contributed by atoms with Crippen molar-refractivity contribution in [2.45, 2.75) is 32.2 Å². The lowest BCUT2D eigenvalue weighted by Gasteiger charge is -2.26. The summed E-state index contributed by atoms with van der Waals surface area (Å²) in [5.74, 6) is -0.0624. The maximum absolute atomic E-state index is 12.5. The second kappa shape index (κ2) is 7.74. The van der Waals surface area contributed by atoms with Gasteiger partial charge in [-0.05, 0) is 38.3 Å². The Bertz CT molecular complexity index is 774. The molecule has 1 aliphatic carbocycles. The van der Waals surface area contributed by atoms with Crippen molar-refractivity contribution < 1.29 is 14.3 Å². The first-order valence-electron chi connectivity index (χ1n) is 8.32. The van der Waals surface area contributed by atoms with E-state index in [1.165, 1.54) is 18.5 Å². The lowest BCUT2D eigenvalue weighted by atomic mass is 9.93. The standard InChI is InChI=1S/C18H20N4O3/c1-2-25-16-7-8-19-11-15(16)22-17(23)12-6-9-20-14(10-12)18(24)21-13-4-3-5-13/h6-11,13H,2-5H2,1H3,(H,21,24)(H,22,23). The van der Waals surface area contributed by atoms with Crippen molar-refractivity contribution in [1.82, 2.24) is 15.3 Å². The Labute approximate surface area is 145 Å². The molecule has 0 atom stereocenters. The monoisotopic (exact) mass is 340 g/mol. The van der Waals surface area contributed by atoms with E-state index in [1.54, 1.807) is 18.3 Å². The minimum absolute atomic E-state index is 0.218. The molecule has 1 fully saturated rings. The van der Waals surface area contributed by atoms with E-state index in [9.17, 15) is 9.59 Å². The summed E-state index contributed by atoms with van der Waals surface area (Å²) in [5, 5.41) is 5.67. The van der Waals surface area contributed by atoms with Crippen LogP contribution in [0.5, 0.6) is 5.75 Å². The molecule has 1 saturated carbocycles. The SMILES string of the molecule is CCOc1ccncc1NC(=O)c1ccnc(C(=O)NC2CCC2)c1. The fraction of sp³-hybridized carbons (Fsp3) is 0.333. The van der Waals surface area contributed by atoms with Crippen LogP contribution in [0.15, 0.2) is 36.8 Å². The third-order valence-corrected chi connectivity index (χ3v) is 4.02. The van der Waals surface area contributed by atoms with Gasteiger partial charge in [-0.25, -0.2) is 0 Å². The molecule has 0 radical (unpaired) electrons. The van der Waals surface area contributed by atoms with Crippen molar-refractivity contribution in [3.05, 3.63) is 48.0 Å². The molecule has 0 unspecified atom stereocenters. The van der Waals surface area contributed by atoms with Gasteiger partial charge in [0.2, 0.25) is 0 Å². The predicted octanol–water partition coefficient (Wildman–Crippen LogP) is 2.41. The first-order valence-corrected chi connectivity index (χ1v) is 8.32. The number of hydrogen-bond donors (Lipinski definition) is 2. The lowest BCUT2D eigenvalue weighted by molar-refractivity contribution is 0.0912. The zero-order valence-electron chi connectivity index (χ0n) is 14.0. The number of aromatic nitrogens is 2. The summed E-state index contributed by atoms with van der Waals surface area (Å²) < 4.78 is 5.47. The first kappa shape index (κ1) is 16.9. The van der Waals surface area contributed by atoms with Crippen LogP contribution in [0.1, 0.15) is 47.0 Å². The van der Waals surface area contributed by atoms with E-state index in [4.69, 9.17) is 4.74 Å². The van der Waals surface area contributed by atoms with E-state index in [2.05, 4.69) is 20.6 Å². The second-order valence-corrected chi connectivity index (χ2v) is 5.79. The van der Waals surface area contributed by atoms with Crippen molar-refractivity contribution in [3.8, 4) is 5.75 Å². The molecule has 0 bridgehead atoms. The third-order valence-electron chi connectivity index (χ3n) is 4.02. The second-order valence-electron chi connectivity index (χ2n) is 5.79. The predicted molar refractivity (Wildman–Crippen MR) is 92.7 cm³/mol. The lowest BCUT2D eigenvalue weighted by Crippen LogP contribution is -2.39. The number of anilines is 1. The molecule has 25 heavy (non-hydrogen) atoms. The van der Waals surface area contributed by atoms with Crippen LogP contribution in [0.4, 0.5) is 5.69 Å². The van der Waals surface area contributed by atoms with Gasteiger partial charge in [0, 0.05) is 30.1 Å². The Morgan fingerprint density at radius 3 is 2.80 bits per heavy atom. The molecule has 0 spiro atoms. The molecule has 2 N–H and O–H groups in total. The van der Waals surface area contributed by atoms with Crippen molar-refractivity contribution in [3.63, 3.8) is 0 Å². The first-order chi connectivity index (χ1) is 12.2. The van der Waals surface area contributed by atoms with Crippen molar-refractivity contribution in [2.24, 2.45) is 0 Å². The normalized spacial score (nSPS) is 13.6. The van der Waals surface area contributed by atoms with Gasteiger partial charge >= 0.3 is 0 Å². The summed E-state index contributed by atoms with van der Waals surface area (Å²) in [4.78, 5) is 32.7. The average Bonchev–Trinajstić information content (AvgIpc) is 2.60. The Morgan fingerprint density at radius 2 is 2.08 bits per heavy atom. The minimum atomic E-state index is -0.353.